The van der Waals surface area contributed by atoms with Crippen molar-refractivity contribution in [1.82, 2.24) is 4.57 Å². The smallest absolute Gasteiger partial charge is 0.252 e. The summed E-state index contributed by atoms with van der Waals surface area (Å²) >= 11 is 1.34. The number of halogens is 1. The fourth-order valence-corrected chi connectivity index (χ4v) is 3.87. The molecule has 0 fully saturated rings. The molecule has 0 aliphatic rings. The molecule has 2 aromatic carbocycles. The Balaban J connectivity index is 2.00. The van der Waals surface area contributed by atoms with Crippen LogP contribution in [0.5, 0.6) is 0 Å². The topological polar surface area (TPSA) is 34.4 Å². The van der Waals surface area contributed by atoms with Crippen LogP contribution in [0.25, 0.3) is 10.2 Å². The fraction of sp³-hybridized carbons (Fsp3) is 0.263. The van der Waals surface area contributed by atoms with Gasteiger partial charge >= 0.3 is 0 Å². The Kier molecular flexibility index (Phi) is 4.62. The van der Waals surface area contributed by atoms with Crippen molar-refractivity contribution in [3.63, 3.8) is 0 Å². The Hall–Kier alpha value is -2.27. The van der Waals surface area contributed by atoms with Gasteiger partial charge in [0, 0.05) is 6.54 Å². The zero-order valence-corrected chi connectivity index (χ0v) is 14.8. The lowest BCUT2D eigenvalue weighted by Gasteiger charge is -2.04. The van der Waals surface area contributed by atoms with Crippen LogP contribution in [0.4, 0.5) is 4.39 Å². The summed E-state index contributed by atoms with van der Waals surface area (Å²) in [5.41, 5.74) is 4.12. The molecule has 3 rings (SSSR count). The van der Waals surface area contributed by atoms with Gasteiger partial charge in [-0.1, -0.05) is 35.1 Å². The van der Waals surface area contributed by atoms with E-state index in [9.17, 15) is 9.18 Å². The molecule has 1 heterocycles. The number of carbonyl (C=O) groups is 1. The van der Waals surface area contributed by atoms with Gasteiger partial charge in [0.2, 0.25) is 0 Å². The zero-order valence-electron chi connectivity index (χ0n) is 14.0. The van der Waals surface area contributed by atoms with Crippen LogP contribution in [0.3, 0.4) is 0 Å². The molecule has 3 nitrogen and oxygen atoms in total. The van der Waals surface area contributed by atoms with E-state index in [-0.39, 0.29) is 18.1 Å². The van der Waals surface area contributed by atoms with Crippen LogP contribution in [0.15, 0.2) is 41.4 Å². The highest BCUT2D eigenvalue weighted by atomic mass is 32.1. The number of thiazole rings is 1. The highest BCUT2D eigenvalue weighted by Crippen LogP contribution is 2.18. The average molecular weight is 342 g/mol. The van der Waals surface area contributed by atoms with Crippen molar-refractivity contribution in [1.29, 1.82) is 0 Å². The Morgan fingerprint density at radius 1 is 1.21 bits per heavy atom. The van der Waals surface area contributed by atoms with Crippen molar-refractivity contribution in [2.24, 2.45) is 4.99 Å². The number of benzene rings is 2. The summed E-state index contributed by atoms with van der Waals surface area (Å²) in [6.07, 6.45) is 0.278. The summed E-state index contributed by atoms with van der Waals surface area (Å²) in [6, 6.07) is 10.7. The molecule has 0 spiro atoms. The van der Waals surface area contributed by atoms with Gasteiger partial charge in [0.25, 0.3) is 5.91 Å². The van der Waals surface area contributed by atoms with Crippen molar-refractivity contribution in [2.45, 2.75) is 33.7 Å². The third-order valence-electron chi connectivity index (χ3n) is 4.03. The molecule has 24 heavy (non-hydrogen) atoms. The molecule has 0 bridgehead atoms. The van der Waals surface area contributed by atoms with Gasteiger partial charge in [-0.25, -0.2) is 4.39 Å². The van der Waals surface area contributed by atoms with Gasteiger partial charge < -0.3 is 4.57 Å². The lowest BCUT2D eigenvalue weighted by molar-refractivity contribution is -0.117. The molecule has 0 radical (unpaired) electrons. The summed E-state index contributed by atoms with van der Waals surface area (Å²) in [6.45, 7) is 6.68. The fourth-order valence-electron chi connectivity index (χ4n) is 2.74. The van der Waals surface area contributed by atoms with Crippen LogP contribution in [0, 0.1) is 19.7 Å². The maximum absolute atomic E-state index is 13.4. The number of nitrogens with zero attached hydrogens (tertiary/aromatic N) is 2. The maximum atomic E-state index is 13.4. The molecule has 0 saturated carbocycles. The number of amides is 1. The second-order valence-electron chi connectivity index (χ2n) is 5.85. The van der Waals surface area contributed by atoms with Gasteiger partial charge in [0.1, 0.15) is 5.82 Å². The predicted molar refractivity (Wildman–Crippen MR) is 95.6 cm³/mol. The predicted octanol–water partition coefficient (Wildman–Crippen LogP) is 4.15. The van der Waals surface area contributed by atoms with Gasteiger partial charge in [-0.2, -0.15) is 4.99 Å². The number of carbonyl (C=O) groups excluding carboxylic acids is 1. The van der Waals surface area contributed by atoms with E-state index in [1.807, 2.05) is 43.5 Å². The first kappa shape index (κ1) is 16.6. The molecule has 0 aliphatic carbocycles. The monoisotopic (exact) mass is 342 g/mol. The first-order valence-electron chi connectivity index (χ1n) is 7.90. The summed E-state index contributed by atoms with van der Waals surface area (Å²) in [7, 11) is 0. The van der Waals surface area contributed by atoms with Crippen molar-refractivity contribution in [2.75, 3.05) is 0 Å². The number of aryl methyl sites for hydroxylation is 3. The van der Waals surface area contributed by atoms with Gasteiger partial charge in [0.05, 0.1) is 16.6 Å². The first-order chi connectivity index (χ1) is 11.5. The molecule has 0 saturated heterocycles. The molecular formula is C19H19FN2OS. The zero-order chi connectivity index (χ0) is 17.3. The number of fused-ring (bicyclic) bond motifs is 1. The van der Waals surface area contributed by atoms with Gasteiger partial charge in [-0.3, -0.25) is 4.79 Å². The SMILES string of the molecule is CCn1c(=NC(=O)Cc2cc(C)ccc2C)sc2cc(F)ccc21. The van der Waals surface area contributed by atoms with Crippen molar-refractivity contribution in [3.05, 3.63) is 63.7 Å². The normalized spacial score (nSPS) is 12.1. The number of rotatable bonds is 3. The van der Waals surface area contributed by atoms with E-state index in [1.54, 1.807) is 6.07 Å². The van der Waals surface area contributed by atoms with E-state index < -0.39 is 0 Å². The second kappa shape index (κ2) is 6.69. The minimum Gasteiger partial charge on any atom is -0.317 e. The Morgan fingerprint density at radius 2 is 2.00 bits per heavy atom. The third-order valence-corrected chi connectivity index (χ3v) is 5.07. The molecule has 124 valence electrons. The lowest BCUT2D eigenvalue weighted by atomic mass is 10.0. The van der Waals surface area contributed by atoms with E-state index >= 15 is 0 Å². The van der Waals surface area contributed by atoms with Gasteiger partial charge in [-0.15, -0.1) is 0 Å². The summed E-state index contributed by atoms with van der Waals surface area (Å²) < 4.78 is 16.2. The Morgan fingerprint density at radius 3 is 2.75 bits per heavy atom. The van der Waals surface area contributed by atoms with Gasteiger partial charge in [0.15, 0.2) is 4.80 Å². The summed E-state index contributed by atoms with van der Waals surface area (Å²) in [4.78, 5) is 17.3. The van der Waals surface area contributed by atoms with E-state index in [0.29, 0.717) is 11.3 Å². The van der Waals surface area contributed by atoms with Crippen LogP contribution in [0.2, 0.25) is 0 Å². The van der Waals surface area contributed by atoms with Gasteiger partial charge in [-0.05, 0) is 50.1 Å². The quantitative estimate of drug-likeness (QED) is 0.704. The van der Waals surface area contributed by atoms with E-state index in [2.05, 4.69) is 4.99 Å². The molecule has 1 aromatic heterocycles. The molecule has 0 atom stereocenters. The molecule has 0 aliphatic heterocycles. The lowest BCUT2D eigenvalue weighted by Crippen LogP contribution is -2.16. The summed E-state index contributed by atoms with van der Waals surface area (Å²) in [5.74, 6) is -0.460. The highest BCUT2D eigenvalue weighted by Gasteiger charge is 2.09. The molecule has 0 N–H and O–H groups in total. The van der Waals surface area contributed by atoms with Crippen LogP contribution in [-0.4, -0.2) is 10.5 Å². The molecular weight excluding hydrogens is 323 g/mol. The van der Waals surface area contributed by atoms with Crippen molar-refractivity contribution in [3.8, 4) is 0 Å². The molecule has 1 amide bonds. The van der Waals surface area contributed by atoms with E-state index in [0.717, 1.165) is 26.9 Å². The van der Waals surface area contributed by atoms with Crippen LogP contribution in [-0.2, 0) is 17.8 Å². The van der Waals surface area contributed by atoms with Crippen LogP contribution in [0.1, 0.15) is 23.6 Å². The third kappa shape index (κ3) is 3.31. The minimum atomic E-state index is -0.278. The van der Waals surface area contributed by atoms with Crippen molar-refractivity contribution >= 4 is 27.5 Å². The largest absolute Gasteiger partial charge is 0.317 e. The van der Waals surface area contributed by atoms with Crippen LogP contribution >= 0.6 is 11.3 Å². The second-order valence-corrected chi connectivity index (χ2v) is 6.86. The number of aromatic nitrogens is 1. The Labute approximate surface area is 144 Å². The molecule has 0 unspecified atom stereocenters. The highest BCUT2D eigenvalue weighted by molar-refractivity contribution is 7.16. The van der Waals surface area contributed by atoms with Crippen LogP contribution < -0.4 is 4.80 Å². The Bertz CT molecular complexity index is 985. The molecule has 5 heteroatoms. The first-order valence-corrected chi connectivity index (χ1v) is 8.72. The maximum Gasteiger partial charge on any atom is 0.252 e. The van der Waals surface area contributed by atoms with Crippen molar-refractivity contribution < 1.29 is 9.18 Å². The average Bonchev–Trinajstić information content (AvgIpc) is 2.86. The number of hydrogen-bond acceptors (Lipinski definition) is 2. The molecule has 3 aromatic rings. The number of hydrogen-bond donors (Lipinski definition) is 0. The minimum absolute atomic E-state index is 0.182. The summed E-state index contributed by atoms with van der Waals surface area (Å²) in [5, 5.41) is 0. The van der Waals surface area contributed by atoms with E-state index in [4.69, 9.17) is 0 Å². The van der Waals surface area contributed by atoms with E-state index in [1.165, 1.54) is 23.5 Å². The standard InChI is InChI=1S/C19H19FN2OS/c1-4-22-16-8-7-15(20)11-17(16)24-19(22)21-18(23)10-14-9-12(2)5-6-13(14)3/h5-9,11H,4,10H2,1-3H3.